The van der Waals surface area contributed by atoms with E-state index >= 15 is 0 Å². The normalized spacial score (nSPS) is 16.4. The van der Waals surface area contributed by atoms with Gasteiger partial charge in [-0.3, -0.25) is 4.90 Å². The number of hydrogen-bond acceptors (Lipinski definition) is 6. The summed E-state index contributed by atoms with van der Waals surface area (Å²) >= 11 is 0. The van der Waals surface area contributed by atoms with Crippen LogP contribution in [0.5, 0.6) is 17.2 Å². The number of nitrogens with zero attached hydrogens (tertiary/aromatic N) is 1. The minimum Gasteiger partial charge on any atom is -0.497 e. The van der Waals surface area contributed by atoms with E-state index in [1.807, 2.05) is 91.0 Å². The number of hydrogen-bond donors (Lipinski definition) is 1. The van der Waals surface area contributed by atoms with Crippen LogP contribution in [0.25, 0.3) is 0 Å². The average Bonchev–Trinajstić information content (AvgIpc) is 3.45. The molecule has 1 amide bonds. The Balaban J connectivity index is 1.34. The summed E-state index contributed by atoms with van der Waals surface area (Å²) in [5.41, 5.74) is 3.96. The maximum absolute atomic E-state index is 13.6. The number of benzene rings is 5. The molecule has 0 bridgehead atoms. The number of carbonyl (C=O) groups is 1. The number of ether oxygens (including phenoxy) is 4. The molecule has 0 aromatic heterocycles. The second-order valence-corrected chi connectivity index (χ2v) is 11.3. The largest absolute Gasteiger partial charge is 0.497 e. The first kappa shape index (κ1) is 31.6. The van der Waals surface area contributed by atoms with E-state index in [1.165, 1.54) is 12.1 Å². The lowest BCUT2D eigenvalue weighted by Crippen LogP contribution is -2.30. The van der Waals surface area contributed by atoms with Crippen molar-refractivity contribution in [3.63, 3.8) is 0 Å². The molecule has 8 heteroatoms. The van der Waals surface area contributed by atoms with E-state index in [2.05, 4.69) is 0 Å². The fraction of sp³-hybridized carbons (Fsp3) is 0.205. The molecule has 1 fully saturated rings. The zero-order chi connectivity index (χ0) is 32.6. The highest BCUT2D eigenvalue weighted by Gasteiger charge is 2.45. The van der Waals surface area contributed by atoms with Gasteiger partial charge in [-0.25, -0.2) is 9.18 Å². The van der Waals surface area contributed by atoms with Crippen LogP contribution in [0, 0.1) is 5.82 Å². The molecule has 47 heavy (non-hydrogen) atoms. The van der Waals surface area contributed by atoms with E-state index in [0.29, 0.717) is 48.1 Å². The molecule has 0 unspecified atom stereocenters. The van der Waals surface area contributed by atoms with E-state index < -0.39 is 24.3 Å². The molecule has 1 N–H and O–H groups in total. The van der Waals surface area contributed by atoms with Crippen LogP contribution in [0.3, 0.4) is 0 Å². The van der Waals surface area contributed by atoms with Crippen molar-refractivity contribution in [2.45, 2.75) is 44.3 Å². The van der Waals surface area contributed by atoms with Gasteiger partial charge in [-0.1, -0.05) is 72.8 Å². The quantitative estimate of drug-likeness (QED) is 0.140. The lowest BCUT2D eigenvalue weighted by Gasteiger charge is -2.28. The van der Waals surface area contributed by atoms with Gasteiger partial charge < -0.3 is 24.1 Å². The third kappa shape index (κ3) is 7.73. The van der Waals surface area contributed by atoms with Crippen LogP contribution in [0.2, 0.25) is 0 Å². The van der Waals surface area contributed by atoms with Gasteiger partial charge in [-0.2, -0.15) is 0 Å². The molecule has 0 radical (unpaired) electrons. The SMILES string of the molecule is COc1ccc(N2C(=O)O[C@H](CC[C@H](O)c3ccc(F)cc3)[C@H]2c2ccc(OCc3ccccc3)cc2OCc2ccccc2)cc1. The van der Waals surface area contributed by atoms with Crippen LogP contribution in [0.1, 0.15) is 47.2 Å². The molecule has 0 spiro atoms. The molecular weight excluding hydrogens is 597 g/mol. The summed E-state index contributed by atoms with van der Waals surface area (Å²) in [7, 11) is 1.59. The Kier molecular flexibility index (Phi) is 9.98. The highest BCUT2D eigenvalue weighted by Crippen LogP contribution is 2.44. The maximum Gasteiger partial charge on any atom is 0.415 e. The molecule has 7 nitrogen and oxygen atoms in total. The van der Waals surface area contributed by atoms with Crippen LogP contribution in [0.4, 0.5) is 14.9 Å². The Morgan fingerprint density at radius 1 is 0.787 bits per heavy atom. The van der Waals surface area contributed by atoms with Crippen molar-refractivity contribution >= 4 is 11.8 Å². The Morgan fingerprint density at radius 3 is 2.04 bits per heavy atom. The molecule has 0 aliphatic carbocycles. The summed E-state index contributed by atoms with van der Waals surface area (Å²) in [6.45, 7) is 0.680. The van der Waals surface area contributed by atoms with Crippen molar-refractivity contribution in [3.05, 3.63) is 155 Å². The second kappa shape index (κ2) is 14.8. The molecule has 240 valence electrons. The molecule has 3 atom stereocenters. The van der Waals surface area contributed by atoms with E-state index in [1.54, 1.807) is 36.3 Å². The lowest BCUT2D eigenvalue weighted by atomic mass is 9.93. The van der Waals surface area contributed by atoms with Crippen molar-refractivity contribution in [1.29, 1.82) is 0 Å². The van der Waals surface area contributed by atoms with Crippen LogP contribution < -0.4 is 19.1 Å². The fourth-order valence-corrected chi connectivity index (χ4v) is 5.72. The monoisotopic (exact) mass is 633 g/mol. The first-order valence-corrected chi connectivity index (χ1v) is 15.5. The van der Waals surface area contributed by atoms with E-state index in [-0.39, 0.29) is 12.2 Å². The van der Waals surface area contributed by atoms with E-state index in [9.17, 15) is 14.3 Å². The van der Waals surface area contributed by atoms with Gasteiger partial charge >= 0.3 is 6.09 Å². The van der Waals surface area contributed by atoms with Crippen LogP contribution >= 0.6 is 0 Å². The predicted molar refractivity (Wildman–Crippen MR) is 177 cm³/mol. The molecule has 1 saturated heterocycles. The fourth-order valence-electron chi connectivity index (χ4n) is 5.72. The van der Waals surface area contributed by atoms with Crippen LogP contribution in [-0.2, 0) is 18.0 Å². The Morgan fingerprint density at radius 2 is 1.40 bits per heavy atom. The van der Waals surface area contributed by atoms with Gasteiger partial charge in [0.25, 0.3) is 0 Å². The molecule has 5 aromatic rings. The highest BCUT2D eigenvalue weighted by molar-refractivity contribution is 5.91. The molecule has 1 aliphatic rings. The third-order valence-corrected chi connectivity index (χ3v) is 8.20. The summed E-state index contributed by atoms with van der Waals surface area (Å²) in [6.07, 6.45) is -1.39. The average molecular weight is 634 g/mol. The number of amides is 1. The molecule has 1 aliphatic heterocycles. The van der Waals surface area contributed by atoms with Crippen molar-refractivity contribution in [2.75, 3.05) is 12.0 Å². The minimum atomic E-state index is -0.868. The summed E-state index contributed by atoms with van der Waals surface area (Å²) in [5, 5.41) is 11.0. The third-order valence-electron chi connectivity index (χ3n) is 8.20. The smallest absolute Gasteiger partial charge is 0.415 e. The topological polar surface area (TPSA) is 77.5 Å². The zero-order valence-corrected chi connectivity index (χ0v) is 26.0. The number of rotatable bonds is 13. The van der Waals surface area contributed by atoms with E-state index in [4.69, 9.17) is 18.9 Å². The number of aliphatic hydroxyl groups is 1. The van der Waals surface area contributed by atoms with Crippen molar-refractivity contribution in [2.24, 2.45) is 0 Å². The molecule has 0 saturated carbocycles. The number of aliphatic hydroxyl groups excluding tert-OH is 1. The number of carbonyl (C=O) groups excluding carboxylic acids is 1. The zero-order valence-electron chi connectivity index (χ0n) is 26.0. The summed E-state index contributed by atoms with van der Waals surface area (Å²) in [6, 6.07) is 37.7. The van der Waals surface area contributed by atoms with Crippen LogP contribution in [-0.4, -0.2) is 24.4 Å². The molecular formula is C39H36FNO6. The van der Waals surface area contributed by atoms with Crippen molar-refractivity contribution in [3.8, 4) is 17.2 Å². The minimum absolute atomic E-state index is 0.287. The molecule has 6 rings (SSSR count). The van der Waals surface area contributed by atoms with Gasteiger partial charge in [0.05, 0.1) is 13.2 Å². The Labute approximate surface area is 273 Å². The first-order chi connectivity index (χ1) is 23.0. The number of anilines is 1. The maximum atomic E-state index is 13.6. The predicted octanol–water partition coefficient (Wildman–Crippen LogP) is 8.57. The Bertz CT molecular complexity index is 1750. The second-order valence-electron chi connectivity index (χ2n) is 11.3. The van der Waals surface area contributed by atoms with Gasteiger partial charge in [0.2, 0.25) is 0 Å². The van der Waals surface area contributed by atoms with Gasteiger partial charge in [0.15, 0.2) is 0 Å². The molecule has 1 heterocycles. The van der Waals surface area contributed by atoms with Gasteiger partial charge in [0.1, 0.15) is 48.4 Å². The van der Waals surface area contributed by atoms with Gasteiger partial charge in [-0.15, -0.1) is 0 Å². The van der Waals surface area contributed by atoms with Gasteiger partial charge in [-0.05, 0) is 78.1 Å². The summed E-state index contributed by atoms with van der Waals surface area (Å²) < 4.78 is 37.5. The number of cyclic esters (lactones) is 1. The first-order valence-electron chi connectivity index (χ1n) is 15.5. The standard InChI is InChI=1S/C39H36FNO6/c1-44-32-18-16-31(17-19-32)41-38(36(47-39(41)43)23-22-35(42)29-12-14-30(40)15-13-29)34-21-20-33(45-25-27-8-4-2-5-9-27)24-37(34)46-26-28-10-6-3-7-11-28/h2-21,24,35-36,38,42H,22-23,25-26H2,1H3/t35-,36+,38+/m0/s1. The number of halogens is 1. The summed E-state index contributed by atoms with van der Waals surface area (Å²) in [5.74, 6) is 1.44. The van der Waals surface area contributed by atoms with Crippen molar-refractivity contribution < 1.29 is 33.2 Å². The number of methoxy groups -OCH3 is 1. The Hall–Kier alpha value is -5.34. The lowest BCUT2D eigenvalue weighted by molar-refractivity contribution is 0.100. The highest BCUT2D eigenvalue weighted by atomic mass is 19.1. The molecule has 5 aromatic carbocycles. The van der Waals surface area contributed by atoms with Crippen molar-refractivity contribution in [1.82, 2.24) is 0 Å². The summed E-state index contributed by atoms with van der Waals surface area (Å²) in [4.78, 5) is 15.2. The van der Waals surface area contributed by atoms with E-state index in [0.717, 1.165) is 16.7 Å². The van der Waals surface area contributed by atoms with Crippen LogP contribution in [0.15, 0.2) is 127 Å². The van der Waals surface area contributed by atoms with Gasteiger partial charge in [0, 0.05) is 17.3 Å².